The van der Waals surface area contributed by atoms with Crippen LogP contribution in [-0.2, 0) is 4.79 Å². The second-order valence-corrected chi connectivity index (χ2v) is 1.84. The van der Waals surface area contributed by atoms with Crippen LogP contribution in [-0.4, -0.2) is 29.8 Å². The summed E-state index contributed by atoms with van der Waals surface area (Å²) in [4.78, 5) is 9.06. The molecule has 0 radical (unpaired) electrons. The second-order valence-electron chi connectivity index (χ2n) is 1.84. The minimum atomic E-state index is -5.94. The first-order valence-electron chi connectivity index (χ1n) is 2.93. The van der Waals surface area contributed by atoms with Crippen molar-refractivity contribution in [1.29, 1.82) is 0 Å². The molecule has 14 heavy (non-hydrogen) atoms. The lowest BCUT2D eigenvalue weighted by Gasteiger charge is -2.20. The van der Waals surface area contributed by atoms with Gasteiger partial charge in [-0.05, 0) is 6.08 Å². The fourth-order valence-corrected chi connectivity index (χ4v) is 0.124. The summed E-state index contributed by atoms with van der Waals surface area (Å²) in [5.41, 5.74) is 0. The van der Waals surface area contributed by atoms with Crippen LogP contribution in [0.3, 0.4) is 0 Å². The van der Waals surface area contributed by atoms with Gasteiger partial charge < -0.3 is 5.11 Å². The van der Waals surface area contributed by atoms with Gasteiger partial charge in [0.15, 0.2) is 0 Å². The van der Waals surface area contributed by atoms with Gasteiger partial charge in [0, 0.05) is 0 Å². The Kier molecular flexibility index (Phi) is 6.20. The molecule has 0 aliphatic rings. The molecule has 0 amide bonds. The molecule has 0 aromatic carbocycles. The van der Waals surface area contributed by atoms with Gasteiger partial charge in [0.05, 0.1) is 0 Å². The number of halogens is 6. The normalized spacial score (nSPS) is 15.1. The smallest absolute Gasteiger partial charge is 0.350 e. The summed E-state index contributed by atoms with van der Waals surface area (Å²) >= 11 is 0. The van der Waals surface area contributed by atoms with Crippen LogP contribution in [0.2, 0.25) is 0 Å². The Hall–Kier alpha value is -1.05. The lowest BCUT2D eigenvalue weighted by Crippen LogP contribution is -2.47. The van der Waals surface area contributed by atoms with E-state index >= 15 is 0 Å². The van der Waals surface area contributed by atoms with Crippen molar-refractivity contribution in [2.24, 2.45) is 0 Å². The van der Waals surface area contributed by atoms with E-state index < -0.39 is 18.5 Å². The minimum Gasteiger partial charge on any atom is -0.350 e. The molecule has 0 heterocycles. The maximum absolute atomic E-state index is 11.4. The largest absolute Gasteiger partial charge is 0.454 e. The Morgan fingerprint density at radius 2 is 1.50 bits per heavy atom. The molecule has 8 heteroatoms. The Morgan fingerprint density at radius 3 is 1.50 bits per heavy atom. The molecule has 1 N–H and O–H groups in total. The van der Waals surface area contributed by atoms with Crippen LogP contribution in [0.15, 0.2) is 12.7 Å². The van der Waals surface area contributed by atoms with E-state index in [-0.39, 0.29) is 0 Å². The van der Waals surface area contributed by atoms with Gasteiger partial charge in [-0.25, -0.2) is 8.78 Å². The molecule has 0 bridgehead atoms. The first-order chi connectivity index (χ1) is 6.11. The maximum Gasteiger partial charge on any atom is 0.454 e. The summed E-state index contributed by atoms with van der Waals surface area (Å²) < 4.78 is 66.3. The number of hydrogen-bond acceptors (Lipinski definition) is 2. The quantitative estimate of drug-likeness (QED) is 0.441. The van der Waals surface area contributed by atoms with Crippen LogP contribution >= 0.6 is 0 Å². The fourth-order valence-electron chi connectivity index (χ4n) is 0.124. The number of carbonyl (C=O) groups excluding carboxylic acids is 1. The molecule has 0 aliphatic carbocycles. The Morgan fingerprint density at radius 1 is 1.21 bits per heavy atom. The number of rotatable bonds is 2. The molecule has 0 rings (SSSR count). The van der Waals surface area contributed by atoms with Crippen LogP contribution < -0.4 is 0 Å². The van der Waals surface area contributed by atoms with Gasteiger partial charge in [-0.2, -0.15) is 17.6 Å². The van der Waals surface area contributed by atoms with Crippen LogP contribution in [0.5, 0.6) is 0 Å². The molecule has 0 aromatic heterocycles. The number of carbonyl (C=O) groups is 1. The molecule has 0 aromatic rings. The fraction of sp³-hybridized carbons (Fsp3) is 0.500. The summed E-state index contributed by atoms with van der Waals surface area (Å²) in [5, 5.41) is 7.39. The highest BCUT2D eigenvalue weighted by Crippen LogP contribution is 2.36. The number of aliphatic hydroxyl groups is 1. The summed E-state index contributed by atoms with van der Waals surface area (Å²) in [5.74, 6) is -5.40. The molecule has 0 fully saturated rings. The first-order valence-corrected chi connectivity index (χ1v) is 2.93. The summed E-state index contributed by atoms with van der Waals surface area (Å²) in [6, 6.07) is 0. The molecular formula is C6H6F6O2. The summed E-state index contributed by atoms with van der Waals surface area (Å²) in [6.45, 7) is 3.11. The third-order valence-electron chi connectivity index (χ3n) is 0.783. The van der Waals surface area contributed by atoms with Gasteiger partial charge in [0.2, 0.25) is 0 Å². The van der Waals surface area contributed by atoms with Gasteiger partial charge in [-0.3, -0.25) is 4.79 Å². The van der Waals surface area contributed by atoms with Crippen LogP contribution in [0, 0.1) is 0 Å². The Labute approximate surface area is 74.8 Å². The zero-order chi connectivity index (χ0) is 12.0. The monoisotopic (exact) mass is 224 g/mol. The molecule has 0 aliphatic heterocycles. The van der Waals surface area contributed by atoms with Crippen LogP contribution in [0.1, 0.15) is 0 Å². The average Bonchev–Trinajstić information content (AvgIpc) is 2.02. The molecule has 0 spiro atoms. The summed E-state index contributed by atoms with van der Waals surface area (Å²) in [6.07, 6.45) is -8.59. The van der Waals surface area contributed by atoms with E-state index in [2.05, 4.69) is 6.58 Å². The topological polar surface area (TPSA) is 37.3 Å². The minimum absolute atomic E-state index is 0.639. The van der Waals surface area contributed by atoms with E-state index in [1.165, 1.54) is 6.08 Å². The van der Waals surface area contributed by atoms with Crippen molar-refractivity contribution in [2.45, 2.75) is 18.5 Å². The third kappa shape index (κ3) is 4.85. The molecular weight excluding hydrogens is 218 g/mol. The van der Waals surface area contributed by atoms with Crippen molar-refractivity contribution < 1.29 is 36.2 Å². The van der Waals surface area contributed by atoms with Crippen LogP contribution in [0.25, 0.3) is 0 Å². The number of aldehydes is 1. The highest BCUT2D eigenvalue weighted by Gasteiger charge is 2.62. The van der Waals surface area contributed by atoms with Crippen molar-refractivity contribution in [3.63, 3.8) is 0 Å². The van der Waals surface area contributed by atoms with Crippen molar-refractivity contribution in [1.82, 2.24) is 0 Å². The van der Waals surface area contributed by atoms with Crippen molar-refractivity contribution in [2.75, 3.05) is 0 Å². The third-order valence-corrected chi connectivity index (χ3v) is 0.783. The lowest BCUT2D eigenvalue weighted by molar-refractivity contribution is -0.352. The zero-order valence-corrected chi connectivity index (χ0v) is 6.56. The highest BCUT2D eigenvalue weighted by atomic mass is 19.4. The van der Waals surface area contributed by atoms with E-state index in [9.17, 15) is 26.3 Å². The van der Waals surface area contributed by atoms with Crippen molar-refractivity contribution >= 4 is 6.29 Å². The van der Waals surface area contributed by atoms with E-state index in [0.29, 0.717) is 6.29 Å². The zero-order valence-electron chi connectivity index (χ0n) is 6.56. The van der Waals surface area contributed by atoms with Gasteiger partial charge in [0.1, 0.15) is 6.29 Å². The lowest BCUT2D eigenvalue weighted by atomic mass is 10.3. The van der Waals surface area contributed by atoms with E-state index in [4.69, 9.17) is 9.90 Å². The van der Waals surface area contributed by atoms with Crippen LogP contribution in [0.4, 0.5) is 26.3 Å². The number of allylic oxidation sites excluding steroid dienone is 1. The Bertz CT molecular complexity index is 179. The second kappa shape index (κ2) is 5.63. The molecule has 2 nitrogen and oxygen atoms in total. The van der Waals surface area contributed by atoms with Gasteiger partial charge in [0.25, 0.3) is 0 Å². The van der Waals surface area contributed by atoms with Gasteiger partial charge >= 0.3 is 18.5 Å². The molecule has 84 valence electrons. The number of alkyl halides is 6. The van der Waals surface area contributed by atoms with Gasteiger partial charge in [-0.1, -0.05) is 6.58 Å². The first kappa shape index (κ1) is 15.4. The Balaban J connectivity index is 0. The molecule has 1 atom stereocenters. The molecule has 0 saturated carbocycles. The summed E-state index contributed by atoms with van der Waals surface area (Å²) in [7, 11) is 0. The SMILES string of the molecule is C=CC=O.OC(F)(C(F)F)C(F)(F)F. The van der Waals surface area contributed by atoms with E-state index in [1.807, 2.05) is 0 Å². The van der Waals surface area contributed by atoms with Crippen molar-refractivity contribution in [3.05, 3.63) is 12.7 Å². The molecule has 1 unspecified atom stereocenters. The maximum atomic E-state index is 11.4. The average molecular weight is 224 g/mol. The number of hydrogen-bond donors (Lipinski definition) is 1. The van der Waals surface area contributed by atoms with Crippen molar-refractivity contribution in [3.8, 4) is 0 Å². The predicted molar refractivity (Wildman–Crippen MR) is 34.4 cm³/mol. The van der Waals surface area contributed by atoms with E-state index in [0.717, 1.165) is 0 Å². The standard InChI is InChI=1S/C3H2F6O.C3H4O/c4-1(5)2(6,10)3(7,8)9;1-2-3-4/h1,10H;2-3H,1H2. The van der Waals surface area contributed by atoms with Gasteiger partial charge in [-0.15, -0.1) is 0 Å². The highest BCUT2D eigenvalue weighted by molar-refractivity contribution is 5.63. The molecule has 0 saturated heterocycles. The van der Waals surface area contributed by atoms with E-state index in [1.54, 1.807) is 0 Å². The predicted octanol–water partition coefficient (Wildman–Crippen LogP) is 1.84.